The molecule has 0 atom stereocenters. The number of amides is 1. The minimum Gasteiger partial charge on any atom is -0.467 e. The third-order valence-electron chi connectivity index (χ3n) is 4.31. The van der Waals surface area contributed by atoms with E-state index in [2.05, 4.69) is 15.4 Å². The van der Waals surface area contributed by atoms with Gasteiger partial charge in [0.2, 0.25) is 0 Å². The fraction of sp³-hybridized carbons (Fsp3) is 0.150. The van der Waals surface area contributed by atoms with E-state index in [1.807, 2.05) is 50.2 Å². The number of anilines is 1. The second-order valence-electron chi connectivity index (χ2n) is 6.33. The van der Waals surface area contributed by atoms with Crippen LogP contribution in [0.4, 0.5) is 5.69 Å². The molecule has 1 N–H and O–H groups in total. The van der Waals surface area contributed by atoms with Gasteiger partial charge in [0.15, 0.2) is 5.65 Å². The van der Waals surface area contributed by atoms with Crippen LogP contribution < -0.4 is 5.32 Å². The third-order valence-corrected chi connectivity index (χ3v) is 4.70. The highest BCUT2D eigenvalue weighted by Gasteiger charge is 2.20. The summed E-state index contributed by atoms with van der Waals surface area (Å²) in [6, 6.07) is 11.2. The first-order valence-electron chi connectivity index (χ1n) is 8.45. The molecule has 1 amide bonds. The fourth-order valence-corrected chi connectivity index (χ4v) is 3.28. The lowest BCUT2D eigenvalue weighted by Crippen LogP contribution is -2.13. The number of aromatic nitrogens is 3. The van der Waals surface area contributed by atoms with Crippen LogP contribution in [0.5, 0.6) is 0 Å². The highest BCUT2D eigenvalue weighted by Crippen LogP contribution is 2.29. The van der Waals surface area contributed by atoms with Gasteiger partial charge in [-0.05, 0) is 38.1 Å². The van der Waals surface area contributed by atoms with Crippen LogP contribution in [0.1, 0.15) is 27.4 Å². The minimum absolute atomic E-state index is 0.309. The number of halogens is 1. The predicted octanol–water partition coefficient (Wildman–Crippen LogP) is 4.60. The summed E-state index contributed by atoms with van der Waals surface area (Å²) in [5, 5.41) is 8.35. The van der Waals surface area contributed by atoms with Crippen molar-refractivity contribution in [2.24, 2.45) is 0 Å². The van der Waals surface area contributed by atoms with E-state index < -0.39 is 0 Å². The van der Waals surface area contributed by atoms with E-state index in [-0.39, 0.29) is 5.91 Å². The Morgan fingerprint density at radius 2 is 2.00 bits per heavy atom. The van der Waals surface area contributed by atoms with E-state index >= 15 is 0 Å². The zero-order valence-corrected chi connectivity index (χ0v) is 15.6. The van der Waals surface area contributed by atoms with Crippen molar-refractivity contribution in [2.45, 2.75) is 20.4 Å². The molecule has 0 radical (unpaired) electrons. The molecule has 0 fully saturated rings. The van der Waals surface area contributed by atoms with Gasteiger partial charge in [-0.1, -0.05) is 29.3 Å². The number of furan rings is 1. The molecule has 4 rings (SSSR count). The first kappa shape index (κ1) is 17.3. The number of hydrogen-bond donors (Lipinski definition) is 1. The SMILES string of the molecule is Cc1ccc(NC(=O)c2cnc3c(c(C)nn3Cc3ccco3)c2Cl)cc1. The van der Waals surface area contributed by atoms with Gasteiger partial charge in [-0.3, -0.25) is 4.79 Å². The summed E-state index contributed by atoms with van der Waals surface area (Å²) in [7, 11) is 0. The standard InChI is InChI=1S/C20H17ClN4O2/c1-12-5-7-14(8-6-12)23-20(26)16-10-22-19-17(18(16)21)13(2)24-25(19)11-15-4-3-9-27-15/h3-10H,11H2,1-2H3,(H,23,26). The molecule has 27 heavy (non-hydrogen) atoms. The zero-order valence-electron chi connectivity index (χ0n) is 14.9. The third kappa shape index (κ3) is 3.31. The summed E-state index contributed by atoms with van der Waals surface area (Å²) >= 11 is 6.55. The quantitative estimate of drug-likeness (QED) is 0.561. The lowest BCUT2D eigenvalue weighted by molar-refractivity contribution is 0.102. The van der Waals surface area contributed by atoms with Gasteiger partial charge in [-0.25, -0.2) is 9.67 Å². The van der Waals surface area contributed by atoms with Crippen molar-refractivity contribution in [3.8, 4) is 0 Å². The predicted molar refractivity (Wildman–Crippen MR) is 104 cm³/mol. The van der Waals surface area contributed by atoms with E-state index in [0.717, 1.165) is 11.3 Å². The number of carbonyl (C=O) groups is 1. The topological polar surface area (TPSA) is 73.0 Å². The molecule has 0 unspecified atom stereocenters. The molecule has 136 valence electrons. The van der Waals surface area contributed by atoms with Crippen LogP contribution in [-0.2, 0) is 6.54 Å². The van der Waals surface area contributed by atoms with Crippen LogP contribution in [-0.4, -0.2) is 20.7 Å². The number of rotatable bonds is 4. The largest absolute Gasteiger partial charge is 0.467 e. The summed E-state index contributed by atoms with van der Waals surface area (Å²) in [6.07, 6.45) is 3.09. The van der Waals surface area contributed by atoms with Gasteiger partial charge in [-0.2, -0.15) is 5.10 Å². The number of nitrogens with one attached hydrogen (secondary N) is 1. The second-order valence-corrected chi connectivity index (χ2v) is 6.70. The number of pyridine rings is 1. The molecule has 6 nitrogen and oxygen atoms in total. The van der Waals surface area contributed by atoms with Crippen molar-refractivity contribution >= 4 is 34.2 Å². The maximum atomic E-state index is 12.7. The normalized spacial score (nSPS) is 11.1. The Morgan fingerprint density at radius 1 is 1.22 bits per heavy atom. The van der Waals surface area contributed by atoms with Crippen molar-refractivity contribution in [3.05, 3.63) is 76.5 Å². The van der Waals surface area contributed by atoms with Crippen molar-refractivity contribution in [3.63, 3.8) is 0 Å². The molecule has 3 aromatic heterocycles. The molecule has 3 heterocycles. The molecule has 7 heteroatoms. The van der Waals surface area contributed by atoms with Crippen molar-refractivity contribution in [1.29, 1.82) is 0 Å². The zero-order chi connectivity index (χ0) is 19.0. The molecule has 1 aromatic carbocycles. The van der Waals surface area contributed by atoms with Crippen LogP contribution in [0.15, 0.2) is 53.3 Å². The Bertz CT molecular complexity index is 1120. The monoisotopic (exact) mass is 380 g/mol. The molecule has 4 aromatic rings. The number of nitrogens with zero attached hydrogens (tertiary/aromatic N) is 3. The Morgan fingerprint density at radius 3 is 2.70 bits per heavy atom. The number of aryl methyl sites for hydroxylation is 2. The summed E-state index contributed by atoms with van der Waals surface area (Å²) in [4.78, 5) is 17.1. The maximum absolute atomic E-state index is 12.7. The number of fused-ring (bicyclic) bond motifs is 1. The Balaban J connectivity index is 1.68. The summed E-state index contributed by atoms with van der Waals surface area (Å²) in [5.74, 6) is 0.454. The Hall–Kier alpha value is -3.12. The second kappa shape index (κ2) is 6.89. The van der Waals surface area contributed by atoms with Crippen LogP contribution in [0.2, 0.25) is 5.02 Å². The Kier molecular flexibility index (Phi) is 4.41. The van der Waals surface area contributed by atoms with Gasteiger partial charge in [0, 0.05) is 11.9 Å². The number of benzene rings is 1. The van der Waals surface area contributed by atoms with Gasteiger partial charge < -0.3 is 9.73 Å². The van der Waals surface area contributed by atoms with Gasteiger partial charge in [0.1, 0.15) is 12.3 Å². The first-order valence-corrected chi connectivity index (χ1v) is 8.83. The highest BCUT2D eigenvalue weighted by molar-refractivity contribution is 6.39. The molecular formula is C20H17ClN4O2. The summed E-state index contributed by atoms with van der Waals surface area (Å²) in [6.45, 7) is 4.27. The van der Waals surface area contributed by atoms with E-state index in [0.29, 0.717) is 39.5 Å². The lowest BCUT2D eigenvalue weighted by Gasteiger charge is -2.08. The molecule has 0 bridgehead atoms. The average Bonchev–Trinajstić information content (AvgIpc) is 3.26. The Labute approximate surface area is 160 Å². The first-order chi connectivity index (χ1) is 13.0. The van der Waals surface area contributed by atoms with Crippen LogP contribution in [0.3, 0.4) is 0 Å². The van der Waals surface area contributed by atoms with Crippen LogP contribution in [0, 0.1) is 13.8 Å². The van der Waals surface area contributed by atoms with E-state index in [9.17, 15) is 4.79 Å². The summed E-state index contributed by atoms with van der Waals surface area (Å²) < 4.78 is 7.10. The van der Waals surface area contributed by atoms with Gasteiger partial charge in [0.25, 0.3) is 5.91 Å². The number of hydrogen-bond acceptors (Lipinski definition) is 4. The molecule has 0 aliphatic heterocycles. The lowest BCUT2D eigenvalue weighted by atomic mass is 10.2. The molecule has 0 saturated heterocycles. The van der Waals surface area contributed by atoms with Gasteiger partial charge in [0.05, 0.1) is 27.9 Å². The number of carbonyl (C=O) groups excluding carboxylic acids is 1. The molecule has 0 aliphatic rings. The molecule has 0 saturated carbocycles. The smallest absolute Gasteiger partial charge is 0.258 e. The van der Waals surface area contributed by atoms with Gasteiger partial charge in [-0.15, -0.1) is 0 Å². The highest BCUT2D eigenvalue weighted by atomic mass is 35.5. The van der Waals surface area contributed by atoms with E-state index in [1.165, 1.54) is 6.20 Å². The van der Waals surface area contributed by atoms with Crippen LogP contribution in [0.25, 0.3) is 11.0 Å². The van der Waals surface area contributed by atoms with E-state index in [4.69, 9.17) is 16.0 Å². The van der Waals surface area contributed by atoms with Crippen molar-refractivity contribution in [1.82, 2.24) is 14.8 Å². The van der Waals surface area contributed by atoms with Gasteiger partial charge >= 0.3 is 0 Å². The molecular weight excluding hydrogens is 364 g/mol. The summed E-state index contributed by atoms with van der Waals surface area (Å²) in [5.41, 5.74) is 3.45. The minimum atomic E-state index is -0.309. The van der Waals surface area contributed by atoms with E-state index in [1.54, 1.807) is 10.9 Å². The molecule has 0 spiro atoms. The fourth-order valence-electron chi connectivity index (χ4n) is 2.93. The van der Waals surface area contributed by atoms with Crippen molar-refractivity contribution < 1.29 is 9.21 Å². The van der Waals surface area contributed by atoms with Crippen molar-refractivity contribution in [2.75, 3.05) is 5.32 Å². The molecule has 0 aliphatic carbocycles. The van der Waals surface area contributed by atoms with Crippen LogP contribution >= 0.6 is 11.6 Å². The average molecular weight is 381 g/mol. The maximum Gasteiger partial charge on any atom is 0.258 e.